The lowest BCUT2D eigenvalue weighted by molar-refractivity contribution is 0.324. The van der Waals surface area contributed by atoms with Crippen molar-refractivity contribution in [3.05, 3.63) is 53.8 Å². The maximum atomic E-state index is 14.3. The quantitative estimate of drug-likeness (QED) is 0.720. The van der Waals surface area contributed by atoms with Crippen LogP contribution in [-0.2, 0) is 0 Å². The van der Waals surface area contributed by atoms with Gasteiger partial charge in [0, 0.05) is 11.1 Å². The number of hydrogen-bond acceptors (Lipinski definition) is 6. The summed E-state index contributed by atoms with van der Waals surface area (Å²) in [5.74, 6) is 0.831. The number of nitriles is 1. The number of hydrogen-bond donors (Lipinski definition) is 1. The molecule has 0 amide bonds. The Hall–Kier alpha value is -3.79. The first-order chi connectivity index (χ1) is 13.5. The van der Waals surface area contributed by atoms with Crippen molar-refractivity contribution in [1.82, 2.24) is 4.98 Å². The standard InChI is InChI=1S/C21H18FN3O3/c1-26-18-8-12(9-19(27-2)20(18)28-3)14-10-17(25-21(24)15(14)11-23)13-6-4-5-7-16(13)22/h4-10H,1-3H3,(H2,24,25). The van der Waals surface area contributed by atoms with Crippen molar-refractivity contribution >= 4 is 5.82 Å². The van der Waals surface area contributed by atoms with Gasteiger partial charge in [-0.1, -0.05) is 12.1 Å². The molecule has 6 nitrogen and oxygen atoms in total. The molecular formula is C21H18FN3O3. The summed E-state index contributed by atoms with van der Waals surface area (Å²) in [5.41, 5.74) is 7.86. The molecule has 0 fully saturated rings. The second kappa shape index (κ2) is 7.84. The molecule has 0 radical (unpaired) electrons. The second-order valence-electron chi connectivity index (χ2n) is 5.82. The molecule has 0 saturated carbocycles. The molecule has 2 aromatic carbocycles. The zero-order valence-corrected chi connectivity index (χ0v) is 15.6. The third kappa shape index (κ3) is 3.28. The molecular weight excluding hydrogens is 361 g/mol. The average molecular weight is 379 g/mol. The van der Waals surface area contributed by atoms with Crippen molar-refractivity contribution in [3.63, 3.8) is 0 Å². The van der Waals surface area contributed by atoms with Gasteiger partial charge in [-0.15, -0.1) is 0 Å². The van der Waals surface area contributed by atoms with E-state index in [4.69, 9.17) is 19.9 Å². The summed E-state index contributed by atoms with van der Waals surface area (Å²) in [6.07, 6.45) is 0. The topological polar surface area (TPSA) is 90.4 Å². The predicted octanol–water partition coefficient (Wildman–Crippen LogP) is 4.03. The minimum absolute atomic E-state index is 0.00649. The van der Waals surface area contributed by atoms with Gasteiger partial charge in [0.2, 0.25) is 5.75 Å². The van der Waals surface area contributed by atoms with Gasteiger partial charge in [0.1, 0.15) is 23.3 Å². The molecule has 0 aliphatic heterocycles. The molecule has 2 N–H and O–H groups in total. The van der Waals surface area contributed by atoms with E-state index < -0.39 is 5.82 Å². The highest BCUT2D eigenvalue weighted by atomic mass is 19.1. The van der Waals surface area contributed by atoms with E-state index in [1.807, 2.05) is 0 Å². The van der Waals surface area contributed by atoms with Crippen LogP contribution in [0.5, 0.6) is 17.2 Å². The molecule has 0 atom stereocenters. The molecule has 3 rings (SSSR count). The summed E-state index contributed by atoms with van der Waals surface area (Å²) >= 11 is 0. The van der Waals surface area contributed by atoms with Crippen molar-refractivity contribution in [1.29, 1.82) is 5.26 Å². The molecule has 3 aromatic rings. The molecule has 0 bridgehead atoms. The summed E-state index contributed by atoms with van der Waals surface area (Å²) in [5, 5.41) is 9.60. The Kier molecular flexibility index (Phi) is 5.32. The molecule has 7 heteroatoms. The fourth-order valence-corrected chi connectivity index (χ4v) is 2.95. The van der Waals surface area contributed by atoms with Crippen LogP contribution >= 0.6 is 0 Å². The molecule has 0 unspecified atom stereocenters. The minimum atomic E-state index is -0.435. The largest absolute Gasteiger partial charge is 0.493 e. The fourth-order valence-electron chi connectivity index (χ4n) is 2.95. The smallest absolute Gasteiger partial charge is 0.203 e. The number of nitrogen functional groups attached to an aromatic ring is 1. The highest BCUT2D eigenvalue weighted by Gasteiger charge is 2.19. The summed E-state index contributed by atoms with van der Waals surface area (Å²) < 4.78 is 30.4. The van der Waals surface area contributed by atoms with E-state index in [0.717, 1.165) is 0 Å². The monoisotopic (exact) mass is 379 g/mol. The first kappa shape index (κ1) is 19.0. The number of nitrogens with two attached hydrogens (primary N) is 1. The van der Waals surface area contributed by atoms with Gasteiger partial charge in [0.25, 0.3) is 0 Å². The maximum Gasteiger partial charge on any atom is 0.203 e. The summed E-state index contributed by atoms with van der Waals surface area (Å²) in [6, 6.07) is 13.3. The van der Waals surface area contributed by atoms with Crippen LogP contribution < -0.4 is 19.9 Å². The minimum Gasteiger partial charge on any atom is -0.493 e. The van der Waals surface area contributed by atoms with E-state index in [0.29, 0.717) is 34.1 Å². The van der Waals surface area contributed by atoms with Gasteiger partial charge >= 0.3 is 0 Å². The third-order valence-corrected chi connectivity index (χ3v) is 4.28. The van der Waals surface area contributed by atoms with Crippen LogP contribution in [0.3, 0.4) is 0 Å². The zero-order valence-electron chi connectivity index (χ0n) is 15.6. The van der Waals surface area contributed by atoms with Crippen LogP contribution in [0, 0.1) is 17.1 Å². The van der Waals surface area contributed by atoms with Crippen LogP contribution in [0.2, 0.25) is 0 Å². The number of ether oxygens (including phenoxy) is 3. The highest BCUT2D eigenvalue weighted by Crippen LogP contribution is 2.43. The van der Waals surface area contributed by atoms with E-state index >= 15 is 0 Å². The average Bonchev–Trinajstić information content (AvgIpc) is 2.72. The number of benzene rings is 2. The number of aromatic nitrogens is 1. The number of pyridine rings is 1. The van der Waals surface area contributed by atoms with Crippen LogP contribution in [0.4, 0.5) is 10.2 Å². The van der Waals surface area contributed by atoms with Crippen LogP contribution in [0.15, 0.2) is 42.5 Å². The number of methoxy groups -OCH3 is 3. The van der Waals surface area contributed by atoms with E-state index in [9.17, 15) is 9.65 Å². The lowest BCUT2D eigenvalue weighted by atomic mass is 9.97. The lowest BCUT2D eigenvalue weighted by Crippen LogP contribution is -2.01. The maximum absolute atomic E-state index is 14.3. The number of nitrogens with zero attached hydrogens (tertiary/aromatic N) is 2. The van der Waals surface area contributed by atoms with Crippen LogP contribution in [0.25, 0.3) is 22.4 Å². The van der Waals surface area contributed by atoms with E-state index in [2.05, 4.69) is 11.1 Å². The van der Waals surface area contributed by atoms with E-state index in [1.165, 1.54) is 27.4 Å². The molecule has 1 aromatic heterocycles. The lowest BCUT2D eigenvalue weighted by Gasteiger charge is -2.16. The summed E-state index contributed by atoms with van der Waals surface area (Å²) in [4.78, 5) is 4.21. The molecule has 142 valence electrons. The first-order valence-corrected chi connectivity index (χ1v) is 8.29. The Balaban J connectivity index is 2.30. The summed E-state index contributed by atoms with van der Waals surface area (Å²) in [7, 11) is 4.50. The van der Waals surface area contributed by atoms with Gasteiger partial charge in [-0.2, -0.15) is 5.26 Å². The van der Waals surface area contributed by atoms with Gasteiger partial charge in [-0.05, 0) is 35.9 Å². The molecule has 0 aliphatic rings. The molecule has 0 aliphatic carbocycles. The normalized spacial score (nSPS) is 10.2. The fraction of sp³-hybridized carbons (Fsp3) is 0.143. The first-order valence-electron chi connectivity index (χ1n) is 8.29. The van der Waals surface area contributed by atoms with Gasteiger partial charge in [0.05, 0.1) is 27.0 Å². The third-order valence-electron chi connectivity index (χ3n) is 4.28. The Morgan fingerprint density at radius 1 is 0.964 bits per heavy atom. The van der Waals surface area contributed by atoms with E-state index in [-0.39, 0.29) is 16.9 Å². The number of rotatable bonds is 5. The number of halogens is 1. The molecule has 0 saturated heterocycles. The Labute approximate surface area is 161 Å². The van der Waals surface area contributed by atoms with Crippen molar-refractivity contribution in [2.75, 3.05) is 27.1 Å². The predicted molar refractivity (Wildman–Crippen MR) is 104 cm³/mol. The molecule has 0 spiro atoms. The van der Waals surface area contributed by atoms with E-state index in [1.54, 1.807) is 36.4 Å². The van der Waals surface area contributed by atoms with Crippen molar-refractivity contribution in [2.45, 2.75) is 0 Å². The van der Waals surface area contributed by atoms with Crippen LogP contribution in [0.1, 0.15) is 5.56 Å². The zero-order chi connectivity index (χ0) is 20.3. The Morgan fingerprint density at radius 2 is 1.61 bits per heavy atom. The van der Waals surface area contributed by atoms with Crippen molar-refractivity contribution in [2.24, 2.45) is 0 Å². The van der Waals surface area contributed by atoms with Crippen LogP contribution in [-0.4, -0.2) is 26.3 Å². The molecule has 28 heavy (non-hydrogen) atoms. The van der Waals surface area contributed by atoms with Gasteiger partial charge in [0.15, 0.2) is 11.5 Å². The SMILES string of the molecule is COc1cc(-c2cc(-c3ccccc3F)nc(N)c2C#N)cc(OC)c1OC. The summed E-state index contributed by atoms with van der Waals surface area (Å²) in [6.45, 7) is 0. The number of anilines is 1. The van der Waals surface area contributed by atoms with Crippen molar-refractivity contribution < 1.29 is 18.6 Å². The Bertz CT molecular complexity index is 1050. The van der Waals surface area contributed by atoms with Gasteiger partial charge in [-0.3, -0.25) is 0 Å². The van der Waals surface area contributed by atoms with Crippen molar-refractivity contribution in [3.8, 4) is 45.7 Å². The highest BCUT2D eigenvalue weighted by molar-refractivity contribution is 5.82. The molecule has 1 heterocycles. The van der Waals surface area contributed by atoms with Gasteiger partial charge in [-0.25, -0.2) is 9.37 Å². The second-order valence-corrected chi connectivity index (χ2v) is 5.82. The van der Waals surface area contributed by atoms with Gasteiger partial charge < -0.3 is 19.9 Å². The Morgan fingerprint density at radius 3 is 2.14 bits per heavy atom.